The maximum absolute atomic E-state index is 12.9. The van der Waals surface area contributed by atoms with E-state index in [9.17, 15) is 9.18 Å². The van der Waals surface area contributed by atoms with E-state index in [0.717, 1.165) is 22.8 Å². The molecule has 0 spiro atoms. The molecule has 4 nitrogen and oxygen atoms in total. The number of carbonyl (C=O) groups is 1. The summed E-state index contributed by atoms with van der Waals surface area (Å²) < 4.78 is 12.9. The minimum Gasteiger partial charge on any atom is -0.354 e. The lowest BCUT2D eigenvalue weighted by molar-refractivity contribution is -0.124. The summed E-state index contributed by atoms with van der Waals surface area (Å²) in [6.45, 7) is 2.62. The fourth-order valence-corrected chi connectivity index (χ4v) is 2.98. The number of thiazole rings is 1. The Morgan fingerprint density at radius 1 is 1.35 bits per heavy atom. The molecular formula is C14H14FN3OS. The van der Waals surface area contributed by atoms with Crippen molar-refractivity contribution >= 4 is 17.2 Å². The van der Waals surface area contributed by atoms with Crippen molar-refractivity contribution in [3.05, 3.63) is 41.2 Å². The first-order valence-electron chi connectivity index (χ1n) is 6.40. The molecule has 1 aliphatic heterocycles. The molecule has 0 saturated carbocycles. The number of halogens is 1. The average Bonchev–Trinajstić information content (AvgIpc) is 2.88. The van der Waals surface area contributed by atoms with E-state index in [1.807, 2.05) is 5.38 Å². The third-order valence-electron chi connectivity index (χ3n) is 3.15. The van der Waals surface area contributed by atoms with Gasteiger partial charge >= 0.3 is 0 Å². The molecule has 0 atom stereocenters. The summed E-state index contributed by atoms with van der Waals surface area (Å²) in [4.78, 5) is 17.9. The molecule has 2 heterocycles. The van der Waals surface area contributed by atoms with Crippen LogP contribution in [0.4, 0.5) is 4.39 Å². The summed E-state index contributed by atoms with van der Waals surface area (Å²) in [5.41, 5.74) is 1.86. The van der Waals surface area contributed by atoms with Crippen molar-refractivity contribution in [2.75, 3.05) is 19.6 Å². The molecule has 1 fully saturated rings. The number of rotatable bonds is 3. The molecule has 1 N–H and O–H groups in total. The van der Waals surface area contributed by atoms with Gasteiger partial charge in [-0.1, -0.05) is 0 Å². The number of hydrogen-bond acceptors (Lipinski definition) is 4. The molecule has 1 saturated heterocycles. The van der Waals surface area contributed by atoms with Gasteiger partial charge in [-0.05, 0) is 24.3 Å². The van der Waals surface area contributed by atoms with Gasteiger partial charge in [0, 0.05) is 30.6 Å². The van der Waals surface area contributed by atoms with Crippen molar-refractivity contribution in [1.29, 1.82) is 0 Å². The van der Waals surface area contributed by atoms with Crippen molar-refractivity contribution in [3.8, 4) is 10.6 Å². The fourth-order valence-electron chi connectivity index (χ4n) is 2.16. The quantitative estimate of drug-likeness (QED) is 0.939. The Labute approximate surface area is 120 Å². The van der Waals surface area contributed by atoms with Crippen molar-refractivity contribution in [2.24, 2.45) is 0 Å². The second-order valence-electron chi connectivity index (χ2n) is 4.71. The first-order valence-corrected chi connectivity index (χ1v) is 7.28. The predicted molar refractivity (Wildman–Crippen MR) is 75.8 cm³/mol. The Morgan fingerprint density at radius 2 is 2.15 bits per heavy atom. The van der Waals surface area contributed by atoms with Crippen molar-refractivity contribution in [1.82, 2.24) is 15.2 Å². The number of piperazine rings is 1. The number of aromatic nitrogens is 1. The molecule has 1 amide bonds. The van der Waals surface area contributed by atoms with Crippen LogP contribution in [0.25, 0.3) is 10.6 Å². The van der Waals surface area contributed by atoms with Crippen LogP contribution in [0.1, 0.15) is 5.69 Å². The molecule has 20 heavy (non-hydrogen) atoms. The van der Waals surface area contributed by atoms with Gasteiger partial charge in [0.15, 0.2) is 0 Å². The molecule has 0 aliphatic carbocycles. The SMILES string of the molecule is O=C1CN(Cc2csc(-c3ccc(F)cc3)n2)CCN1. The summed E-state index contributed by atoms with van der Waals surface area (Å²) in [6, 6.07) is 6.33. The Balaban J connectivity index is 1.70. The van der Waals surface area contributed by atoms with E-state index in [1.165, 1.54) is 23.5 Å². The van der Waals surface area contributed by atoms with Crippen LogP contribution in [-0.2, 0) is 11.3 Å². The summed E-state index contributed by atoms with van der Waals surface area (Å²) in [7, 11) is 0. The zero-order valence-corrected chi connectivity index (χ0v) is 11.6. The third kappa shape index (κ3) is 3.02. The van der Waals surface area contributed by atoms with Crippen LogP contribution in [0.3, 0.4) is 0 Å². The van der Waals surface area contributed by atoms with Crippen molar-refractivity contribution < 1.29 is 9.18 Å². The van der Waals surface area contributed by atoms with Gasteiger partial charge in [-0.25, -0.2) is 9.37 Å². The van der Waals surface area contributed by atoms with E-state index in [0.29, 0.717) is 19.6 Å². The molecule has 104 valence electrons. The molecule has 3 rings (SSSR count). The highest BCUT2D eigenvalue weighted by atomic mass is 32.1. The third-order valence-corrected chi connectivity index (χ3v) is 4.09. The molecular weight excluding hydrogens is 277 g/mol. The van der Waals surface area contributed by atoms with E-state index >= 15 is 0 Å². The minimum atomic E-state index is -0.246. The van der Waals surface area contributed by atoms with Crippen LogP contribution in [0.15, 0.2) is 29.6 Å². The monoisotopic (exact) mass is 291 g/mol. The summed E-state index contributed by atoms with van der Waals surface area (Å²) in [6.07, 6.45) is 0. The van der Waals surface area contributed by atoms with Gasteiger partial charge in [-0.3, -0.25) is 9.69 Å². The highest BCUT2D eigenvalue weighted by molar-refractivity contribution is 7.13. The molecule has 6 heteroatoms. The molecule has 1 aromatic heterocycles. The van der Waals surface area contributed by atoms with Crippen LogP contribution >= 0.6 is 11.3 Å². The lowest BCUT2D eigenvalue weighted by atomic mass is 10.2. The standard InChI is InChI=1S/C14H14FN3OS/c15-11-3-1-10(2-4-11)14-17-12(9-20-14)7-18-6-5-16-13(19)8-18/h1-4,9H,5-8H2,(H,16,19). The van der Waals surface area contributed by atoms with Gasteiger partial charge in [0.05, 0.1) is 12.2 Å². The highest BCUT2D eigenvalue weighted by Crippen LogP contribution is 2.24. The van der Waals surface area contributed by atoms with Crippen LogP contribution in [0, 0.1) is 5.82 Å². The Kier molecular flexibility index (Phi) is 3.75. The Hall–Kier alpha value is -1.79. The smallest absolute Gasteiger partial charge is 0.234 e. The molecule has 1 aliphatic rings. The van der Waals surface area contributed by atoms with Crippen LogP contribution < -0.4 is 5.32 Å². The highest BCUT2D eigenvalue weighted by Gasteiger charge is 2.17. The van der Waals surface area contributed by atoms with E-state index in [-0.39, 0.29) is 11.7 Å². The first-order chi connectivity index (χ1) is 9.70. The van der Waals surface area contributed by atoms with Gasteiger partial charge in [0.25, 0.3) is 0 Å². The normalized spacial score (nSPS) is 16.1. The minimum absolute atomic E-state index is 0.0604. The number of nitrogens with zero attached hydrogens (tertiary/aromatic N) is 2. The number of hydrogen-bond donors (Lipinski definition) is 1. The van der Waals surface area contributed by atoms with Gasteiger partial charge in [-0.15, -0.1) is 11.3 Å². The molecule has 2 aromatic rings. The Morgan fingerprint density at radius 3 is 2.90 bits per heavy atom. The summed E-state index contributed by atoms with van der Waals surface area (Å²) in [5, 5.41) is 5.67. The fraction of sp³-hybridized carbons (Fsp3) is 0.286. The van der Waals surface area contributed by atoms with Crippen molar-refractivity contribution in [2.45, 2.75) is 6.54 Å². The van der Waals surface area contributed by atoms with Gasteiger partial charge < -0.3 is 5.32 Å². The lowest BCUT2D eigenvalue weighted by Crippen LogP contribution is -2.47. The summed E-state index contributed by atoms with van der Waals surface area (Å²) in [5.74, 6) is -0.185. The second-order valence-corrected chi connectivity index (χ2v) is 5.57. The van der Waals surface area contributed by atoms with E-state index < -0.39 is 0 Å². The van der Waals surface area contributed by atoms with Crippen molar-refractivity contribution in [3.63, 3.8) is 0 Å². The van der Waals surface area contributed by atoms with Crippen LogP contribution in [0.2, 0.25) is 0 Å². The molecule has 0 radical (unpaired) electrons. The van der Waals surface area contributed by atoms with E-state index in [1.54, 1.807) is 12.1 Å². The number of carbonyl (C=O) groups excluding carboxylic acids is 1. The lowest BCUT2D eigenvalue weighted by Gasteiger charge is -2.25. The first kappa shape index (κ1) is 13.2. The average molecular weight is 291 g/mol. The zero-order chi connectivity index (χ0) is 13.9. The number of amides is 1. The largest absolute Gasteiger partial charge is 0.354 e. The van der Waals surface area contributed by atoms with E-state index in [4.69, 9.17) is 0 Å². The van der Waals surface area contributed by atoms with Gasteiger partial charge in [0.1, 0.15) is 10.8 Å². The maximum atomic E-state index is 12.9. The zero-order valence-electron chi connectivity index (χ0n) is 10.8. The maximum Gasteiger partial charge on any atom is 0.234 e. The van der Waals surface area contributed by atoms with Crippen LogP contribution in [-0.4, -0.2) is 35.4 Å². The van der Waals surface area contributed by atoms with Gasteiger partial charge in [0.2, 0.25) is 5.91 Å². The summed E-state index contributed by atoms with van der Waals surface area (Å²) >= 11 is 1.54. The number of benzene rings is 1. The Bertz CT molecular complexity index is 611. The van der Waals surface area contributed by atoms with Gasteiger partial charge in [-0.2, -0.15) is 0 Å². The molecule has 0 unspecified atom stereocenters. The van der Waals surface area contributed by atoms with Crippen LogP contribution in [0.5, 0.6) is 0 Å². The predicted octanol–water partition coefficient (Wildman–Crippen LogP) is 1.88. The molecule has 1 aromatic carbocycles. The topological polar surface area (TPSA) is 45.2 Å². The molecule has 0 bridgehead atoms. The van der Waals surface area contributed by atoms with E-state index in [2.05, 4.69) is 15.2 Å². The second kappa shape index (κ2) is 5.68. The number of nitrogens with one attached hydrogen (secondary N) is 1.